The number of terminal acetylenes is 1. The molecule has 0 unspecified atom stereocenters. The number of thiazole rings is 1. The van der Waals surface area contributed by atoms with E-state index in [1.807, 2.05) is 12.4 Å². The van der Waals surface area contributed by atoms with E-state index in [1.54, 1.807) is 11.3 Å². The Morgan fingerprint density at radius 2 is 2.67 bits per heavy atom. The van der Waals surface area contributed by atoms with E-state index in [0.29, 0.717) is 0 Å². The highest BCUT2D eigenvalue weighted by Crippen LogP contribution is 2.11. The molecule has 0 saturated carbocycles. The lowest BCUT2D eigenvalue weighted by atomic mass is 10.3. The molecule has 0 saturated heterocycles. The van der Waals surface area contributed by atoms with Gasteiger partial charge >= 0.3 is 0 Å². The highest BCUT2D eigenvalue weighted by atomic mass is 32.1. The van der Waals surface area contributed by atoms with Crippen LogP contribution in [0, 0.1) is 19.3 Å². The third-order valence-corrected chi connectivity index (χ3v) is 2.04. The maximum atomic E-state index is 5.12. The second kappa shape index (κ2) is 2.65. The van der Waals surface area contributed by atoms with Crippen molar-refractivity contribution in [2.24, 2.45) is 0 Å². The summed E-state index contributed by atoms with van der Waals surface area (Å²) in [5.41, 5.74) is 2.89. The summed E-state index contributed by atoms with van der Waals surface area (Å²) in [7, 11) is 0. The molecule has 0 fully saturated rings. The van der Waals surface area contributed by atoms with Crippen molar-refractivity contribution < 1.29 is 0 Å². The molecule has 46 valence electrons. The molecule has 0 bridgehead atoms. The maximum absolute atomic E-state index is 5.12. The summed E-state index contributed by atoms with van der Waals surface area (Å²) in [6.45, 7) is 1.98. The molecule has 1 heterocycles. The van der Waals surface area contributed by atoms with Gasteiger partial charge in [0.05, 0.1) is 11.2 Å². The lowest BCUT2D eigenvalue weighted by molar-refractivity contribution is 1.20. The van der Waals surface area contributed by atoms with Crippen molar-refractivity contribution in [3.63, 3.8) is 0 Å². The van der Waals surface area contributed by atoms with E-state index in [2.05, 4.69) is 10.9 Å². The van der Waals surface area contributed by atoms with Crippen LogP contribution in [-0.2, 0) is 6.42 Å². The summed E-state index contributed by atoms with van der Waals surface area (Å²) >= 11 is 1.62. The smallest absolute Gasteiger partial charge is 0.0797 e. The van der Waals surface area contributed by atoms with Crippen molar-refractivity contribution in [1.29, 1.82) is 0 Å². The van der Waals surface area contributed by atoms with Gasteiger partial charge in [0.15, 0.2) is 0 Å². The summed E-state index contributed by atoms with van der Waals surface area (Å²) < 4.78 is 0. The second-order valence-electron chi connectivity index (χ2n) is 1.74. The zero-order valence-corrected chi connectivity index (χ0v) is 6.03. The van der Waals surface area contributed by atoms with E-state index in [1.165, 1.54) is 4.88 Å². The second-order valence-corrected chi connectivity index (χ2v) is 2.68. The first kappa shape index (κ1) is 6.31. The predicted molar refractivity (Wildman–Crippen MR) is 39.4 cm³/mol. The van der Waals surface area contributed by atoms with Gasteiger partial charge in [-0.15, -0.1) is 23.7 Å². The first-order valence-corrected chi connectivity index (χ1v) is 3.55. The molecule has 0 aromatic carbocycles. The molecule has 1 rings (SSSR count). The zero-order chi connectivity index (χ0) is 6.69. The Morgan fingerprint density at radius 1 is 1.89 bits per heavy atom. The van der Waals surface area contributed by atoms with Crippen molar-refractivity contribution in [2.75, 3.05) is 0 Å². The fraction of sp³-hybridized carbons (Fsp3) is 0.286. The third kappa shape index (κ3) is 1.30. The van der Waals surface area contributed by atoms with Crippen LogP contribution in [0.15, 0.2) is 5.51 Å². The minimum Gasteiger partial charge on any atom is -0.250 e. The summed E-state index contributed by atoms with van der Waals surface area (Å²) in [4.78, 5) is 5.26. The number of rotatable bonds is 1. The van der Waals surface area contributed by atoms with Gasteiger partial charge in [-0.1, -0.05) is 0 Å². The Morgan fingerprint density at radius 3 is 3.11 bits per heavy atom. The van der Waals surface area contributed by atoms with Crippen LogP contribution in [0.1, 0.15) is 10.6 Å². The van der Waals surface area contributed by atoms with Crippen LogP contribution in [0.5, 0.6) is 0 Å². The van der Waals surface area contributed by atoms with Gasteiger partial charge < -0.3 is 0 Å². The monoisotopic (exact) mass is 137 g/mol. The zero-order valence-electron chi connectivity index (χ0n) is 5.22. The molecule has 1 nitrogen and oxygen atoms in total. The van der Waals surface area contributed by atoms with Crippen molar-refractivity contribution in [3.05, 3.63) is 16.1 Å². The maximum Gasteiger partial charge on any atom is 0.0797 e. The van der Waals surface area contributed by atoms with E-state index in [-0.39, 0.29) is 0 Å². The fourth-order valence-corrected chi connectivity index (χ4v) is 1.32. The van der Waals surface area contributed by atoms with Crippen LogP contribution in [0.2, 0.25) is 0 Å². The Labute approximate surface area is 58.8 Å². The van der Waals surface area contributed by atoms with Gasteiger partial charge in [0.1, 0.15) is 0 Å². The molecule has 1 aromatic rings. The van der Waals surface area contributed by atoms with Gasteiger partial charge in [-0.05, 0) is 6.92 Å². The Bertz CT molecular complexity index is 231. The average Bonchev–Trinajstić information content (AvgIpc) is 2.18. The van der Waals surface area contributed by atoms with Crippen molar-refractivity contribution in [1.82, 2.24) is 4.98 Å². The molecular formula is C7H7NS. The molecule has 0 amide bonds. The Balaban J connectivity index is 2.84. The van der Waals surface area contributed by atoms with Gasteiger partial charge in [0.2, 0.25) is 0 Å². The van der Waals surface area contributed by atoms with Crippen LogP contribution in [0.25, 0.3) is 0 Å². The van der Waals surface area contributed by atoms with Crippen LogP contribution in [0.3, 0.4) is 0 Å². The van der Waals surface area contributed by atoms with Crippen molar-refractivity contribution in [3.8, 4) is 12.3 Å². The average molecular weight is 137 g/mol. The molecule has 0 aliphatic carbocycles. The molecule has 2 heteroatoms. The minimum absolute atomic E-state index is 0.719. The molecular weight excluding hydrogens is 130 g/mol. The molecule has 0 aliphatic heterocycles. The van der Waals surface area contributed by atoms with E-state index < -0.39 is 0 Å². The van der Waals surface area contributed by atoms with E-state index in [4.69, 9.17) is 6.42 Å². The molecule has 0 N–H and O–H groups in total. The molecule has 1 aromatic heterocycles. The largest absolute Gasteiger partial charge is 0.250 e. The van der Waals surface area contributed by atoms with Crippen LogP contribution in [0.4, 0.5) is 0 Å². The number of nitrogens with zero attached hydrogens (tertiary/aromatic N) is 1. The minimum atomic E-state index is 0.719. The molecule has 0 aliphatic rings. The van der Waals surface area contributed by atoms with Crippen molar-refractivity contribution >= 4 is 11.3 Å². The molecule has 0 radical (unpaired) electrons. The van der Waals surface area contributed by atoms with Crippen LogP contribution >= 0.6 is 11.3 Å². The topological polar surface area (TPSA) is 12.9 Å². The quantitative estimate of drug-likeness (QED) is 0.536. The normalized spacial score (nSPS) is 8.89. The van der Waals surface area contributed by atoms with E-state index in [0.717, 1.165) is 12.1 Å². The van der Waals surface area contributed by atoms with Gasteiger partial charge in [-0.2, -0.15) is 0 Å². The molecule has 0 spiro atoms. The Kier molecular flexibility index (Phi) is 1.86. The lowest BCUT2D eigenvalue weighted by Gasteiger charge is -1.85. The molecule has 9 heavy (non-hydrogen) atoms. The fourth-order valence-electron chi connectivity index (χ4n) is 0.589. The first-order chi connectivity index (χ1) is 4.34. The summed E-state index contributed by atoms with van der Waals surface area (Å²) in [6, 6.07) is 0. The number of hydrogen-bond donors (Lipinski definition) is 0. The summed E-state index contributed by atoms with van der Waals surface area (Å²) in [5.74, 6) is 2.58. The van der Waals surface area contributed by atoms with Crippen LogP contribution in [-0.4, -0.2) is 4.98 Å². The van der Waals surface area contributed by atoms with Gasteiger partial charge in [0, 0.05) is 11.3 Å². The highest BCUT2D eigenvalue weighted by Gasteiger charge is 1.96. The van der Waals surface area contributed by atoms with E-state index in [9.17, 15) is 0 Å². The van der Waals surface area contributed by atoms with Gasteiger partial charge in [-0.25, -0.2) is 4.98 Å². The number of aryl methyl sites for hydroxylation is 1. The number of aromatic nitrogens is 1. The third-order valence-electron chi connectivity index (χ3n) is 1.11. The molecule has 0 atom stereocenters. The summed E-state index contributed by atoms with van der Waals surface area (Å²) in [6.07, 6.45) is 5.84. The Hall–Kier alpha value is -0.810. The van der Waals surface area contributed by atoms with Gasteiger partial charge in [-0.3, -0.25) is 0 Å². The predicted octanol–water partition coefficient (Wildman–Crippen LogP) is 1.63. The van der Waals surface area contributed by atoms with E-state index >= 15 is 0 Å². The van der Waals surface area contributed by atoms with Gasteiger partial charge in [0.25, 0.3) is 0 Å². The number of hydrogen-bond acceptors (Lipinski definition) is 2. The SMILES string of the molecule is C#CCc1scnc1C. The lowest BCUT2D eigenvalue weighted by Crippen LogP contribution is -1.78. The first-order valence-electron chi connectivity index (χ1n) is 2.67. The summed E-state index contributed by atoms with van der Waals surface area (Å²) in [5, 5.41) is 0. The highest BCUT2D eigenvalue weighted by molar-refractivity contribution is 7.09. The standard InChI is InChI=1S/C7H7NS/c1-3-4-7-6(2)8-5-9-7/h1,5H,4H2,2H3. The van der Waals surface area contributed by atoms with Crippen LogP contribution < -0.4 is 0 Å². The van der Waals surface area contributed by atoms with Crippen molar-refractivity contribution in [2.45, 2.75) is 13.3 Å².